The Kier molecular flexibility index (Phi) is 3.60. The first-order chi connectivity index (χ1) is 7.47. The Hall–Kier alpha value is -0.0800. The van der Waals surface area contributed by atoms with Crippen molar-refractivity contribution in [2.75, 3.05) is 32.7 Å². The molecule has 2 unspecified atom stereocenters. The van der Waals surface area contributed by atoms with Crippen LogP contribution in [0.5, 0.6) is 0 Å². The van der Waals surface area contributed by atoms with Crippen LogP contribution in [-0.4, -0.2) is 48.6 Å². The number of hydrogen-bond acceptors (Lipinski definition) is 2. The van der Waals surface area contributed by atoms with Crippen molar-refractivity contribution in [3.63, 3.8) is 0 Å². The molecule has 2 saturated heterocycles. The summed E-state index contributed by atoms with van der Waals surface area (Å²) in [5.74, 6) is 0.792. The van der Waals surface area contributed by atoms with Gasteiger partial charge in [0.25, 0.3) is 0 Å². The fourth-order valence-corrected chi connectivity index (χ4v) is 2.88. The van der Waals surface area contributed by atoms with Crippen molar-refractivity contribution in [3.8, 4) is 0 Å². The predicted molar refractivity (Wildman–Crippen MR) is 69.7 cm³/mol. The lowest BCUT2D eigenvalue weighted by Crippen LogP contribution is -2.51. The molecular formula is C14H28N2. The monoisotopic (exact) mass is 224 g/mol. The van der Waals surface area contributed by atoms with Crippen LogP contribution in [0, 0.1) is 11.3 Å². The maximum Gasteiger partial charge on any atom is 0.0224 e. The van der Waals surface area contributed by atoms with Crippen LogP contribution in [0.15, 0.2) is 0 Å². The van der Waals surface area contributed by atoms with Gasteiger partial charge in [0.1, 0.15) is 0 Å². The smallest absolute Gasteiger partial charge is 0.0224 e. The van der Waals surface area contributed by atoms with Crippen LogP contribution in [0.4, 0.5) is 0 Å². The van der Waals surface area contributed by atoms with Crippen LogP contribution in [0.25, 0.3) is 0 Å². The zero-order valence-electron chi connectivity index (χ0n) is 11.5. The normalized spacial score (nSPS) is 30.4. The van der Waals surface area contributed by atoms with Gasteiger partial charge in [-0.3, -0.25) is 4.90 Å². The fraction of sp³-hybridized carbons (Fsp3) is 1.00. The van der Waals surface area contributed by atoms with E-state index >= 15 is 0 Å². The highest BCUT2D eigenvalue weighted by Crippen LogP contribution is 2.28. The fourth-order valence-electron chi connectivity index (χ4n) is 2.88. The van der Waals surface area contributed by atoms with Crippen molar-refractivity contribution in [3.05, 3.63) is 0 Å². The van der Waals surface area contributed by atoms with Crippen molar-refractivity contribution < 1.29 is 0 Å². The maximum absolute atomic E-state index is 2.70. The van der Waals surface area contributed by atoms with E-state index in [1.54, 1.807) is 0 Å². The van der Waals surface area contributed by atoms with Crippen LogP contribution in [-0.2, 0) is 0 Å². The van der Waals surface area contributed by atoms with Crippen molar-refractivity contribution in [1.29, 1.82) is 0 Å². The maximum atomic E-state index is 2.70. The summed E-state index contributed by atoms with van der Waals surface area (Å²) in [5.41, 5.74) is 0.451. The highest BCUT2D eigenvalue weighted by molar-refractivity contribution is 4.88. The third-order valence-corrected chi connectivity index (χ3v) is 4.68. The molecule has 2 heteroatoms. The standard InChI is InChI=1S/C14H28N2/c1-12(14(2,3)4)10-15-8-9-16-7-5-6-13(16)11-15/h12-13H,5-11H2,1-4H3. The van der Waals surface area contributed by atoms with E-state index in [0.29, 0.717) is 5.41 Å². The number of hydrogen-bond donors (Lipinski definition) is 0. The molecule has 2 atom stereocenters. The molecule has 2 heterocycles. The molecule has 0 bridgehead atoms. The number of piperazine rings is 1. The molecule has 2 aliphatic rings. The number of fused-ring (bicyclic) bond motifs is 1. The van der Waals surface area contributed by atoms with E-state index in [1.807, 2.05) is 0 Å². The molecule has 0 aromatic rings. The van der Waals surface area contributed by atoms with Crippen LogP contribution in [0.1, 0.15) is 40.5 Å². The Morgan fingerprint density at radius 1 is 1.19 bits per heavy atom. The minimum absolute atomic E-state index is 0.451. The molecular weight excluding hydrogens is 196 g/mol. The Balaban J connectivity index is 1.83. The molecule has 0 saturated carbocycles. The van der Waals surface area contributed by atoms with Gasteiger partial charge >= 0.3 is 0 Å². The first-order valence-corrected chi connectivity index (χ1v) is 6.93. The minimum atomic E-state index is 0.451. The molecule has 0 aromatic heterocycles. The minimum Gasteiger partial charge on any atom is -0.300 e. The molecule has 2 aliphatic heterocycles. The average molecular weight is 224 g/mol. The van der Waals surface area contributed by atoms with Crippen molar-refractivity contribution >= 4 is 0 Å². The van der Waals surface area contributed by atoms with Crippen LogP contribution in [0.3, 0.4) is 0 Å². The summed E-state index contributed by atoms with van der Waals surface area (Å²) in [6.45, 7) is 16.1. The van der Waals surface area contributed by atoms with E-state index in [-0.39, 0.29) is 0 Å². The average Bonchev–Trinajstić information content (AvgIpc) is 2.63. The van der Waals surface area contributed by atoms with Crippen molar-refractivity contribution in [2.45, 2.75) is 46.6 Å². The topological polar surface area (TPSA) is 6.48 Å². The molecule has 0 spiro atoms. The van der Waals surface area contributed by atoms with Gasteiger partial charge in [0.2, 0.25) is 0 Å². The molecule has 0 aliphatic carbocycles. The molecule has 2 rings (SSSR count). The second-order valence-corrected chi connectivity index (χ2v) is 6.86. The van der Waals surface area contributed by atoms with Crippen LogP contribution >= 0.6 is 0 Å². The summed E-state index contributed by atoms with van der Waals surface area (Å²) in [4.78, 5) is 5.39. The van der Waals surface area contributed by atoms with E-state index in [4.69, 9.17) is 0 Å². The van der Waals surface area contributed by atoms with E-state index in [0.717, 1.165) is 12.0 Å². The lowest BCUT2D eigenvalue weighted by molar-refractivity contribution is 0.0746. The first kappa shape index (κ1) is 12.4. The van der Waals surface area contributed by atoms with Gasteiger partial charge in [-0.15, -0.1) is 0 Å². The summed E-state index contributed by atoms with van der Waals surface area (Å²) in [6, 6.07) is 0.876. The Morgan fingerprint density at radius 3 is 2.62 bits per heavy atom. The highest BCUT2D eigenvalue weighted by Gasteiger charge is 2.32. The van der Waals surface area contributed by atoms with Gasteiger partial charge in [-0.2, -0.15) is 0 Å². The van der Waals surface area contributed by atoms with E-state index in [9.17, 15) is 0 Å². The van der Waals surface area contributed by atoms with Crippen molar-refractivity contribution in [2.24, 2.45) is 11.3 Å². The lowest BCUT2D eigenvalue weighted by Gasteiger charge is -2.40. The first-order valence-electron chi connectivity index (χ1n) is 6.93. The van der Waals surface area contributed by atoms with Gasteiger partial charge in [-0.05, 0) is 30.7 Å². The predicted octanol–water partition coefficient (Wildman–Crippen LogP) is 2.45. The Labute approximate surface area is 101 Å². The van der Waals surface area contributed by atoms with Gasteiger partial charge in [0.15, 0.2) is 0 Å². The van der Waals surface area contributed by atoms with Gasteiger partial charge < -0.3 is 4.90 Å². The van der Waals surface area contributed by atoms with Gasteiger partial charge in [0, 0.05) is 32.2 Å². The third kappa shape index (κ3) is 2.78. The summed E-state index contributed by atoms with van der Waals surface area (Å²) >= 11 is 0. The Bertz CT molecular complexity index is 231. The third-order valence-electron chi connectivity index (χ3n) is 4.68. The zero-order valence-corrected chi connectivity index (χ0v) is 11.5. The largest absolute Gasteiger partial charge is 0.300 e. The van der Waals surface area contributed by atoms with Gasteiger partial charge in [-0.1, -0.05) is 27.7 Å². The van der Waals surface area contributed by atoms with E-state index in [1.165, 1.54) is 45.6 Å². The quantitative estimate of drug-likeness (QED) is 0.711. The van der Waals surface area contributed by atoms with Crippen LogP contribution < -0.4 is 0 Å². The summed E-state index contributed by atoms with van der Waals surface area (Å²) in [7, 11) is 0. The van der Waals surface area contributed by atoms with Crippen molar-refractivity contribution in [1.82, 2.24) is 9.80 Å². The molecule has 0 aromatic carbocycles. The molecule has 2 nitrogen and oxygen atoms in total. The molecule has 0 amide bonds. The second kappa shape index (κ2) is 4.66. The molecule has 2 fully saturated rings. The summed E-state index contributed by atoms with van der Waals surface area (Å²) in [5, 5.41) is 0. The summed E-state index contributed by atoms with van der Waals surface area (Å²) < 4.78 is 0. The van der Waals surface area contributed by atoms with E-state index in [2.05, 4.69) is 37.5 Å². The van der Waals surface area contributed by atoms with Gasteiger partial charge in [0.05, 0.1) is 0 Å². The molecule has 94 valence electrons. The Morgan fingerprint density at radius 2 is 1.94 bits per heavy atom. The molecule has 0 N–H and O–H groups in total. The second-order valence-electron chi connectivity index (χ2n) is 6.86. The van der Waals surface area contributed by atoms with Crippen LogP contribution in [0.2, 0.25) is 0 Å². The van der Waals surface area contributed by atoms with E-state index < -0.39 is 0 Å². The highest BCUT2D eigenvalue weighted by atomic mass is 15.3. The summed E-state index contributed by atoms with van der Waals surface area (Å²) in [6.07, 6.45) is 2.85. The SMILES string of the molecule is CC(CN1CCN2CCCC2C1)C(C)(C)C. The molecule has 0 radical (unpaired) electrons. The number of rotatable bonds is 2. The lowest BCUT2D eigenvalue weighted by atomic mass is 9.81. The van der Waals surface area contributed by atoms with Gasteiger partial charge in [-0.25, -0.2) is 0 Å². The number of nitrogens with zero attached hydrogens (tertiary/aromatic N) is 2. The molecule has 16 heavy (non-hydrogen) atoms. The zero-order chi connectivity index (χ0) is 11.8.